The smallest absolute Gasteiger partial charge is 0.159 e. The number of aromatic nitrogens is 5. The summed E-state index contributed by atoms with van der Waals surface area (Å²) in [6, 6.07) is 4.82. The Hall–Kier alpha value is -2.81. The average molecular weight is 454 g/mol. The zero-order valence-corrected chi connectivity index (χ0v) is 18.9. The quantitative estimate of drug-likeness (QED) is 0.588. The molecule has 1 atom stereocenters. The van der Waals surface area contributed by atoms with Gasteiger partial charge < -0.3 is 4.57 Å². The third-order valence-electron chi connectivity index (χ3n) is 6.91. The summed E-state index contributed by atoms with van der Waals surface area (Å²) >= 11 is 0. The number of nitrogens with zero attached hydrogens (tertiary/aromatic N) is 7. The van der Waals surface area contributed by atoms with E-state index >= 15 is 0 Å². The van der Waals surface area contributed by atoms with E-state index in [2.05, 4.69) is 41.9 Å². The van der Waals surface area contributed by atoms with Crippen molar-refractivity contribution in [3.63, 3.8) is 0 Å². The first kappa shape index (κ1) is 21.1. The second-order valence-electron chi connectivity index (χ2n) is 8.72. The van der Waals surface area contributed by atoms with Crippen molar-refractivity contribution in [2.45, 2.75) is 37.8 Å². The van der Waals surface area contributed by atoms with Crippen LogP contribution in [0.25, 0.3) is 22.3 Å². The highest BCUT2D eigenvalue weighted by atomic mass is 32.2. The minimum Gasteiger partial charge on any atom is -0.344 e. The number of rotatable bonds is 6. The molecule has 1 unspecified atom stereocenters. The van der Waals surface area contributed by atoms with E-state index in [0.717, 1.165) is 42.6 Å². The van der Waals surface area contributed by atoms with Gasteiger partial charge in [0.2, 0.25) is 0 Å². The van der Waals surface area contributed by atoms with E-state index in [0.29, 0.717) is 37.0 Å². The van der Waals surface area contributed by atoms with Crippen molar-refractivity contribution >= 4 is 20.9 Å². The fourth-order valence-corrected chi connectivity index (χ4v) is 6.16. The van der Waals surface area contributed by atoms with Gasteiger partial charge in [-0.05, 0) is 18.9 Å². The number of fused-ring (bicyclic) bond motifs is 1. The zero-order valence-electron chi connectivity index (χ0n) is 18.1. The number of nitriles is 1. The number of H-pyrrole nitrogens is 1. The van der Waals surface area contributed by atoms with Crippen LogP contribution in [0.5, 0.6) is 0 Å². The van der Waals surface area contributed by atoms with Crippen LogP contribution in [-0.4, -0.2) is 76.1 Å². The molecule has 10 nitrogen and oxygen atoms in total. The predicted molar refractivity (Wildman–Crippen MR) is 121 cm³/mol. The molecule has 0 spiro atoms. The third kappa shape index (κ3) is 3.48. The monoisotopic (exact) mass is 453 g/mol. The van der Waals surface area contributed by atoms with Crippen LogP contribution in [-0.2, 0) is 15.5 Å². The van der Waals surface area contributed by atoms with Gasteiger partial charge in [0.15, 0.2) is 5.65 Å². The fourth-order valence-electron chi connectivity index (χ4n) is 4.99. The maximum Gasteiger partial charge on any atom is 0.159 e. The van der Waals surface area contributed by atoms with Crippen LogP contribution in [0.1, 0.15) is 26.2 Å². The molecule has 0 bridgehead atoms. The lowest BCUT2D eigenvalue weighted by Gasteiger charge is -2.54. The molecule has 11 heteroatoms. The van der Waals surface area contributed by atoms with Gasteiger partial charge in [-0.15, -0.1) is 0 Å². The first-order valence-electron chi connectivity index (χ1n) is 10.9. The van der Waals surface area contributed by atoms with E-state index in [4.69, 9.17) is 4.78 Å². The lowest BCUT2D eigenvalue weighted by atomic mass is 9.83. The van der Waals surface area contributed by atoms with Crippen molar-refractivity contribution in [3.05, 3.63) is 31.0 Å². The van der Waals surface area contributed by atoms with Gasteiger partial charge in [-0.25, -0.2) is 23.3 Å². The van der Waals surface area contributed by atoms with Crippen LogP contribution in [0.4, 0.5) is 0 Å². The average Bonchev–Trinajstić information content (AvgIpc) is 3.46. The summed E-state index contributed by atoms with van der Waals surface area (Å²) in [5.74, 6) is 0.375. The van der Waals surface area contributed by atoms with Gasteiger partial charge in [-0.2, -0.15) is 10.4 Å². The molecule has 2 fully saturated rings. The Morgan fingerprint density at radius 2 is 2.12 bits per heavy atom. The Labute approximate surface area is 187 Å². The number of piperidine rings is 1. The van der Waals surface area contributed by atoms with E-state index in [1.54, 1.807) is 6.20 Å². The molecular weight excluding hydrogens is 426 g/mol. The summed E-state index contributed by atoms with van der Waals surface area (Å²) in [6.07, 6.45) is 9.64. The highest BCUT2D eigenvalue weighted by Gasteiger charge is 2.47. The zero-order chi connectivity index (χ0) is 22.3. The van der Waals surface area contributed by atoms with Crippen LogP contribution in [0.3, 0.4) is 0 Å². The van der Waals surface area contributed by atoms with Gasteiger partial charge in [0.1, 0.15) is 16.2 Å². The van der Waals surface area contributed by atoms with Gasteiger partial charge in [0, 0.05) is 55.9 Å². The van der Waals surface area contributed by atoms with E-state index in [-0.39, 0.29) is 5.54 Å². The molecule has 0 aliphatic carbocycles. The Kier molecular flexibility index (Phi) is 5.23. The van der Waals surface area contributed by atoms with Crippen molar-refractivity contribution in [3.8, 4) is 17.3 Å². The van der Waals surface area contributed by atoms with Crippen molar-refractivity contribution in [2.24, 2.45) is 0 Å². The second-order valence-corrected chi connectivity index (χ2v) is 11.1. The molecule has 5 rings (SSSR count). The molecule has 0 amide bonds. The Bertz CT molecular complexity index is 1260. The van der Waals surface area contributed by atoms with Gasteiger partial charge in [-0.3, -0.25) is 10.00 Å². The van der Waals surface area contributed by atoms with E-state index < -0.39 is 9.92 Å². The number of hydrogen-bond acceptors (Lipinski definition) is 7. The molecule has 2 N–H and O–H groups in total. The predicted octanol–water partition coefficient (Wildman–Crippen LogP) is 2.19. The number of hydrogen-bond donors (Lipinski definition) is 2. The van der Waals surface area contributed by atoms with Crippen LogP contribution in [0.2, 0.25) is 0 Å². The van der Waals surface area contributed by atoms with Crippen LogP contribution < -0.4 is 0 Å². The minimum absolute atomic E-state index is 0.251. The SMILES string of the molecule is CCS(=N)(=O)N1CCC(N2CC(CC#N)(n3ccc(-c4ncnc5[nH]ncc45)c3)C2)CC1. The first-order chi connectivity index (χ1) is 15.5. The molecule has 2 aliphatic heterocycles. The summed E-state index contributed by atoms with van der Waals surface area (Å²) in [7, 11) is -2.62. The molecule has 2 aliphatic rings. The summed E-state index contributed by atoms with van der Waals surface area (Å²) < 4.78 is 24.4. The van der Waals surface area contributed by atoms with Gasteiger partial charge >= 0.3 is 0 Å². The van der Waals surface area contributed by atoms with Crippen molar-refractivity contribution < 1.29 is 4.21 Å². The van der Waals surface area contributed by atoms with Gasteiger partial charge in [0.25, 0.3) is 0 Å². The molecule has 5 heterocycles. The normalized spacial score (nSPS) is 21.8. The highest BCUT2D eigenvalue weighted by Crippen LogP contribution is 2.38. The van der Waals surface area contributed by atoms with Crippen molar-refractivity contribution in [1.29, 1.82) is 10.0 Å². The van der Waals surface area contributed by atoms with Crippen LogP contribution in [0.15, 0.2) is 31.0 Å². The van der Waals surface area contributed by atoms with Crippen LogP contribution in [0, 0.1) is 16.1 Å². The Morgan fingerprint density at radius 3 is 2.84 bits per heavy atom. The van der Waals surface area contributed by atoms with E-state index in [9.17, 15) is 9.47 Å². The lowest BCUT2D eigenvalue weighted by Crippen LogP contribution is -2.66. The van der Waals surface area contributed by atoms with Gasteiger partial charge in [-0.1, -0.05) is 6.92 Å². The molecular formula is C21H27N9OS. The molecule has 0 saturated carbocycles. The molecule has 0 aromatic carbocycles. The Morgan fingerprint density at radius 1 is 1.34 bits per heavy atom. The van der Waals surface area contributed by atoms with E-state index in [1.165, 1.54) is 6.33 Å². The summed E-state index contributed by atoms with van der Waals surface area (Å²) in [5.41, 5.74) is 2.26. The third-order valence-corrected chi connectivity index (χ3v) is 8.90. The minimum atomic E-state index is -2.62. The summed E-state index contributed by atoms with van der Waals surface area (Å²) in [4.78, 5) is 11.1. The first-order valence-corrected chi connectivity index (χ1v) is 12.6. The van der Waals surface area contributed by atoms with Gasteiger partial charge in [0.05, 0.1) is 35.3 Å². The fraction of sp³-hybridized carbons (Fsp3) is 0.524. The molecule has 3 aromatic rings. The summed E-state index contributed by atoms with van der Waals surface area (Å²) in [6.45, 7) is 4.84. The molecule has 168 valence electrons. The molecule has 2 saturated heterocycles. The molecule has 32 heavy (non-hydrogen) atoms. The largest absolute Gasteiger partial charge is 0.344 e. The summed E-state index contributed by atoms with van der Waals surface area (Å²) in [5, 5.41) is 17.4. The topological polar surface area (TPSA) is 131 Å². The molecule has 0 radical (unpaired) electrons. The maximum absolute atomic E-state index is 12.4. The van der Waals surface area contributed by atoms with Crippen molar-refractivity contribution in [2.75, 3.05) is 31.9 Å². The van der Waals surface area contributed by atoms with Crippen molar-refractivity contribution in [1.82, 2.24) is 33.9 Å². The number of aromatic amines is 1. The second kappa shape index (κ2) is 7.95. The number of nitrogens with one attached hydrogen (secondary N) is 2. The highest BCUT2D eigenvalue weighted by molar-refractivity contribution is 7.90. The Balaban J connectivity index is 1.31. The standard InChI is InChI=1S/C21H27N9OS/c1-2-32(23,31)30-9-4-17(5-10-30)28-13-21(14-28,6-7-22)29-8-3-16(12-29)19-18-11-26-27-20(18)25-15-24-19/h3,8,11-12,15,17,23H,2,4-6,9-10,13-14H2,1H3,(H,24,25,26,27). The number of likely N-dealkylation sites (tertiary alicyclic amines) is 1. The lowest BCUT2D eigenvalue weighted by molar-refractivity contribution is -0.0312. The maximum atomic E-state index is 12.4. The van der Waals surface area contributed by atoms with Crippen LogP contribution >= 0.6 is 0 Å². The van der Waals surface area contributed by atoms with E-state index in [1.807, 2.05) is 23.5 Å². The molecule has 3 aromatic heterocycles.